The Hall–Kier alpha value is -2.00. The van der Waals surface area contributed by atoms with Gasteiger partial charge in [0.25, 0.3) is 5.91 Å². The van der Waals surface area contributed by atoms with E-state index in [4.69, 9.17) is 16.3 Å². The van der Waals surface area contributed by atoms with Crippen LogP contribution in [0.4, 0.5) is 5.69 Å². The monoisotopic (exact) mass is 345 g/mol. The van der Waals surface area contributed by atoms with Gasteiger partial charge in [0, 0.05) is 10.7 Å². The molecule has 1 amide bonds. The molecule has 0 heterocycles. The lowest BCUT2D eigenvalue weighted by atomic mass is 9.98. The molecule has 3 nitrogen and oxygen atoms in total. The highest BCUT2D eigenvalue weighted by atomic mass is 35.5. The molecule has 0 fully saturated rings. The van der Waals surface area contributed by atoms with Gasteiger partial charge in [0.15, 0.2) is 6.10 Å². The summed E-state index contributed by atoms with van der Waals surface area (Å²) in [5.74, 6) is 0.830. The maximum absolute atomic E-state index is 12.7. The number of carbonyl (C=O) groups is 1. The molecule has 0 saturated carbocycles. The highest BCUT2D eigenvalue weighted by Gasteiger charge is 2.21. The molecule has 0 aliphatic heterocycles. The van der Waals surface area contributed by atoms with Gasteiger partial charge in [0.05, 0.1) is 0 Å². The molecule has 0 radical (unpaired) electrons. The molecule has 128 valence electrons. The predicted molar refractivity (Wildman–Crippen MR) is 100 cm³/mol. The Bertz CT molecular complexity index is 695. The Morgan fingerprint density at radius 3 is 2.42 bits per heavy atom. The Balaban J connectivity index is 2.16. The van der Waals surface area contributed by atoms with E-state index in [1.165, 1.54) is 0 Å². The fraction of sp³-hybridized carbons (Fsp3) is 0.350. The SMILES string of the molecule is CC[C@H](Oc1ccc(Cl)cc1)C(=O)Nc1c(C)cccc1C(C)C. The number of rotatable bonds is 6. The summed E-state index contributed by atoms with van der Waals surface area (Å²) in [6.45, 7) is 8.17. The quantitative estimate of drug-likeness (QED) is 0.743. The average Bonchev–Trinajstić information content (AvgIpc) is 2.55. The summed E-state index contributed by atoms with van der Waals surface area (Å²) in [7, 11) is 0. The first-order chi connectivity index (χ1) is 11.4. The summed E-state index contributed by atoms with van der Waals surface area (Å²) in [5, 5.41) is 3.69. The summed E-state index contributed by atoms with van der Waals surface area (Å²) in [4.78, 5) is 12.7. The Morgan fingerprint density at radius 1 is 1.17 bits per heavy atom. The van der Waals surface area contributed by atoms with E-state index in [1.807, 2.05) is 32.0 Å². The van der Waals surface area contributed by atoms with Gasteiger partial charge in [-0.25, -0.2) is 0 Å². The van der Waals surface area contributed by atoms with Crippen molar-refractivity contribution < 1.29 is 9.53 Å². The zero-order chi connectivity index (χ0) is 17.7. The molecule has 2 aromatic carbocycles. The highest BCUT2D eigenvalue weighted by molar-refractivity contribution is 6.30. The Kier molecular flexibility index (Phi) is 6.27. The van der Waals surface area contributed by atoms with Crippen LogP contribution in [0.25, 0.3) is 0 Å². The highest BCUT2D eigenvalue weighted by Crippen LogP contribution is 2.28. The molecule has 0 bridgehead atoms. The molecule has 0 unspecified atom stereocenters. The number of carbonyl (C=O) groups excluding carboxylic acids is 1. The fourth-order valence-corrected chi connectivity index (χ4v) is 2.67. The van der Waals surface area contributed by atoms with Crippen LogP contribution < -0.4 is 10.1 Å². The number of benzene rings is 2. The van der Waals surface area contributed by atoms with Crippen LogP contribution in [0.5, 0.6) is 5.75 Å². The normalized spacial score (nSPS) is 12.1. The van der Waals surface area contributed by atoms with Crippen molar-refractivity contribution in [1.29, 1.82) is 0 Å². The van der Waals surface area contributed by atoms with Gasteiger partial charge in [-0.15, -0.1) is 0 Å². The lowest BCUT2D eigenvalue weighted by Gasteiger charge is -2.21. The fourth-order valence-electron chi connectivity index (χ4n) is 2.55. The van der Waals surface area contributed by atoms with E-state index in [1.54, 1.807) is 24.3 Å². The first-order valence-corrected chi connectivity index (χ1v) is 8.62. The van der Waals surface area contributed by atoms with E-state index >= 15 is 0 Å². The van der Waals surface area contributed by atoms with Crippen molar-refractivity contribution in [2.45, 2.75) is 46.1 Å². The Labute approximate surface area is 149 Å². The van der Waals surface area contributed by atoms with Crippen LogP contribution >= 0.6 is 11.6 Å². The standard InChI is InChI=1S/C20H24ClNO2/c1-5-18(24-16-11-9-15(21)10-12-16)20(23)22-19-14(4)7-6-8-17(19)13(2)3/h6-13,18H,5H2,1-4H3,(H,22,23)/t18-/m0/s1. The van der Waals surface area contributed by atoms with Gasteiger partial charge in [0.1, 0.15) is 5.75 Å². The van der Waals surface area contributed by atoms with E-state index in [0.29, 0.717) is 23.1 Å². The number of amides is 1. The molecule has 2 aromatic rings. The molecule has 0 saturated heterocycles. The molecule has 24 heavy (non-hydrogen) atoms. The van der Waals surface area contributed by atoms with Gasteiger partial charge in [-0.2, -0.15) is 0 Å². The molecule has 0 aromatic heterocycles. The van der Waals surface area contributed by atoms with Gasteiger partial charge in [0.2, 0.25) is 0 Å². The maximum Gasteiger partial charge on any atom is 0.265 e. The second-order valence-corrected chi connectivity index (χ2v) is 6.59. The molecule has 0 spiro atoms. The number of para-hydroxylation sites is 1. The van der Waals surface area contributed by atoms with Crippen molar-refractivity contribution in [2.75, 3.05) is 5.32 Å². The minimum Gasteiger partial charge on any atom is -0.481 e. The van der Waals surface area contributed by atoms with Crippen LogP contribution in [-0.2, 0) is 4.79 Å². The minimum absolute atomic E-state index is 0.136. The van der Waals surface area contributed by atoms with Crippen molar-refractivity contribution in [3.63, 3.8) is 0 Å². The molecular formula is C20H24ClNO2. The second-order valence-electron chi connectivity index (χ2n) is 6.15. The topological polar surface area (TPSA) is 38.3 Å². The summed E-state index contributed by atoms with van der Waals surface area (Å²) in [6.07, 6.45) is 0.0305. The van der Waals surface area contributed by atoms with Crippen molar-refractivity contribution in [3.8, 4) is 5.75 Å². The number of nitrogens with one attached hydrogen (secondary N) is 1. The maximum atomic E-state index is 12.7. The summed E-state index contributed by atoms with van der Waals surface area (Å²) >= 11 is 5.88. The molecule has 1 atom stereocenters. The second kappa shape index (κ2) is 8.20. The summed E-state index contributed by atoms with van der Waals surface area (Å²) < 4.78 is 5.82. The van der Waals surface area contributed by atoms with E-state index in [2.05, 4.69) is 19.2 Å². The third-order valence-corrected chi connectivity index (χ3v) is 4.18. The molecule has 0 aliphatic rings. The van der Waals surface area contributed by atoms with Gasteiger partial charge < -0.3 is 10.1 Å². The number of anilines is 1. The van der Waals surface area contributed by atoms with Crippen LogP contribution in [0, 0.1) is 6.92 Å². The third kappa shape index (κ3) is 4.51. The number of aryl methyl sites for hydroxylation is 1. The number of hydrogen-bond donors (Lipinski definition) is 1. The molecule has 1 N–H and O–H groups in total. The number of halogens is 1. The van der Waals surface area contributed by atoms with E-state index in [-0.39, 0.29) is 5.91 Å². The smallest absolute Gasteiger partial charge is 0.265 e. The van der Waals surface area contributed by atoms with Crippen molar-refractivity contribution >= 4 is 23.2 Å². The summed E-state index contributed by atoms with van der Waals surface area (Å²) in [6, 6.07) is 13.1. The van der Waals surface area contributed by atoms with Crippen LogP contribution in [0.1, 0.15) is 44.2 Å². The van der Waals surface area contributed by atoms with Crippen LogP contribution in [0.2, 0.25) is 5.02 Å². The van der Waals surface area contributed by atoms with Crippen LogP contribution in [0.15, 0.2) is 42.5 Å². The third-order valence-electron chi connectivity index (χ3n) is 3.93. The van der Waals surface area contributed by atoms with E-state index < -0.39 is 6.10 Å². The zero-order valence-electron chi connectivity index (χ0n) is 14.6. The van der Waals surface area contributed by atoms with E-state index in [0.717, 1.165) is 16.8 Å². The van der Waals surface area contributed by atoms with Crippen LogP contribution in [-0.4, -0.2) is 12.0 Å². The Morgan fingerprint density at radius 2 is 1.83 bits per heavy atom. The van der Waals surface area contributed by atoms with Gasteiger partial charge in [-0.1, -0.05) is 50.6 Å². The largest absolute Gasteiger partial charge is 0.481 e. The predicted octanol–water partition coefficient (Wildman–Crippen LogP) is 5.57. The molecule has 2 rings (SSSR count). The molecular weight excluding hydrogens is 322 g/mol. The van der Waals surface area contributed by atoms with Crippen molar-refractivity contribution in [3.05, 3.63) is 58.6 Å². The zero-order valence-corrected chi connectivity index (χ0v) is 15.4. The average molecular weight is 346 g/mol. The summed E-state index contributed by atoms with van der Waals surface area (Å²) in [5.41, 5.74) is 3.07. The molecule has 0 aliphatic carbocycles. The van der Waals surface area contributed by atoms with E-state index in [9.17, 15) is 4.79 Å². The first-order valence-electron chi connectivity index (χ1n) is 8.25. The van der Waals surface area contributed by atoms with Crippen molar-refractivity contribution in [2.24, 2.45) is 0 Å². The minimum atomic E-state index is -0.550. The lowest BCUT2D eigenvalue weighted by molar-refractivity contribution is -0.122. The van der Waals surface area contributed by atoms with Crippen molar-refractivity contribution in [1.82, 2.24) is 0 Å². The first kappa shape index (κ1) is 18.3. The van der Waals surface area contributed by atoms with Crippen LogP contribution in [0.3, 0.4) is 0 Å². The van der Waals surface area contributed by atoms with Gasteiger partial charge in [-0.05, 0) is 54.7 Å². The lowest BCUT2D eigenvalue weighted by Crippen LogP contribution is -2.33. The molecule has 4 heteroatoms. The van der Waals surface area contributed by atoms with Gasteiger partial charge in [-0.3, -0.25) is 4.79 Å². The number of hydrogen-bond acceptors (Lipinski definition) is 2. The number of ether oxygens (including phenoxy) is 1. The van der Waals surface area contributed by atoms with Gasteiger partial charge >= 0.3 is 0 Å².